The van der Waals surface area contributed by atoms with E-state index >= 15 is 0 Å². The van der Waals surface area contributed by atoms with Crippen LogP contribution in [0.15, 0.2) is 24.3 Å². The Morgan fingerprint density at radius 3 is 2.44 bits per heavy atom. The first-order valence-corrected chi connectivity index (χ1v) is 2.67. The molecule has 0 N–H and O–H groups in total. The lowest BCUT2D eigenvalue weighted by Gasteiger charge is -2.19. The third-order valence-corrected chi connectivity index (χ3v) is 1.22. The van der Waals surface area contributed by atoms with Crippen LogP contribution in [0, 0.1) is 6.92 Å². The minimum absolute atomic E-state index is 1.11. The molecule has 0 nitrogen and oxygen atoms in total. The molecule has 2 heteroatoms. The number of rotatable bonds is 0. The lowest BCUT2D eigenvalue weighted by Crippen LogP contribution is -2.28. The number of hydrogen-bond donors (Lipinski definition) is 0. The zero-order chi connectivity index (χ0) is 6.91. The van der Waals surface area contributed by atoms with Gasteiger partial charge in [-0.2, -0.15) is 0 Å². The Hall–Kier alpha value is -0.660. The molecule has 1 radical (unpaired) electrons. The fraction of sp³-hybridized carbons (Fsp3) is 0.286. The van der Waals surface area contributed by atoms with Gasteiger partial charge in [0.05, 0.1) is 0 Å². The highest BCUT2D eigenvalue weighted by molar-refractivity contribution is 5.24. The summed E-state index contributed by atoms with van der Waals surface area (Å²) in [6.07, 6.45) is 3.57. The molecule has 0 heterocycles. The van der Waals surface area contributed by atoms with Gasteiger partial charge in [0.2, 0.25) is 0 Å². The van der Waals surface area contributed by atoms with Crippen LogP contribution in [0.4, 0.5) is 8.78 Å². The van der Waals surface area contributed by atoms with E-state index in [0.717, 1.165) is 12.2 Å². The zero-order valence-electron chi connectivity index (χ0n) is 4.85. The second-order valence-electron chi connectivity index (χ2n) is 2.07. The van der Waals surface area contributed by atoms with E-state index in [4.69, 9.17) is 0 Å². The first-order chi connectivity index (χ1) is 4.13. The van der Waals surface area contributed by atoms with Crippen molar-refractivity contribution in [2.75, 3.05) is 0 Å². The molecule has 2 atom stereocenters. The molecule has 0 aromatic rings. The van der Waals surface area contributed by atoms with Crippen LogP contribution in [0.2, 0.25) is 0 Å². The monoisotopic (exact) mass is 129 g/mol. The van der Waals surface area contributed by atoms with Crippen LogP contribution in [-0.2, 0) is 0 Å². The normalized spacial score (nSPS) is 41.4. The molecule has 0 spiro atoms. The highest BCUT2D eigenvalue weighted by Crippen LogP contribution is 2.23. The van der Waals surface area contributed by atoms with Gasteiger partial charge in [-0.3, -0.25) is 0 Å². The van der Waals surface area contributed by atoms with Crippen molar-refractivity contribution >= 4 is 0 Å². The second-order valence-corrected chi connectivity index (χ2v) is 2.07. The van der Waals surface area contributed by atoms with Crippen LogP contribution in [0.1, 0.15) is 0 Å². The molecular formula is C7H7F2. The maximum atomic E-state index is 12.6. The lowest BCUT2D eigenvalue weighted by atomic mass is 9.98. The number of hydrogen-bond acceptors (Lipinski definition) is 0. The second kappa shape index (κ2) is 1.94. The topological polar surface area (TPSA) is 0 Å². The lowest BCUT2D eigenvalue weighted by molar-refractivity contribution is 0.171. The Bertz CT molecular complexity index is 156. The van der Waals surface area contributed by atoms with Gasteiger partial charge in [0.15, 0.2) is 11.8 Å². The molecular weight excluding hydrogens is 122 g/mol. The van der Waals surface area contributed by atoms with Crippen LogP contribution in [0.3, 0.4) is 0 Å². The summed E-state index contributed by atoms with van der Waals surface area (Å²) in [7, 11) is 0. The summed E-state index contributed by atoms with van der Waals surface area (Å²) >= 11 is 0. The van der Waals surface area contributed by atoms with E-state index in [9.17, 15) is 8.78 Å². The van der Waals surface area contributed by atoms with Crippen LogP contribution in [0.5, 0.6) is 0 Å². The standard InChI is InChI=1S/C7H7F2/c1-7(9)5-3-2-4-6(7)8/h2-6H,1H2. The molecule has 1 aliphatic carbocycles. The quantitative estimate of drug-likeness (QED) is 0.469. The van der Waals surface area contributed by atoms with E-state index in [1.807, 2.05) is 0 Å². The molecule has 0 aromatic carbocycles. The van der Waals surface area contributed by atoms with Crippen molar-refractivity contribution in [1.82, 2.24) is 0 Å². The summed E-state index contributed by atoms with van der Waals surface area (Å²) in [5, 5.41) is 0. The molecule has 2 unspecified atom stereocenters. The Balaban J connectivity index is 2.78. The molecule has 1 aliphatic rings. The molecule has 9 heavy (non-hydrogen) atoms. The SMILES string of the molecule is [CH2]C1(F)C=CC=CC1F. The van der Waals surface area contributed by atoms with Gasteiger partial charge in [-0.15, -0.1) is 0 Å². The molecule has 0 aromatic heterocycles. The Morgan fingerprint density at radius 1 is 1.44 bits per heavy atom. The van der Waals surface area contributed by atoms with E-state index in [0.29, 0.717) is 0 Å². The molecule has 0 amide bonds. The van der Waals surface area contributed by atoms with E-state index < -0.39 is 11.8 Å². The highest BCUT2D eigenvalue weighted by Gasteiger charge is 2.30. The van der Waals surface area contributed by atoms with Crippen molar-refractivity contribution < 1.29 is 8.78 Å². The van der Waals surface area contributed by atoms with Crippen LogP contribution in [0.25, 0.3) is 0 Å². The molecule has 49 valence electrons. The maximum Gasteiger partial charge on any atom is 0.164 e. The van der Waals surface area contributed by atoms with E-state index in [2.05, 4.69) is 6.92 Å². The Kier molecular flexibility index (Phi) is 1.39. The van der Waals surface area contributed by atoms with Crippen molar-refractivity contribution in [2.45, 2.75) is 11.8 Å². The summed E-state index contributed by atoms with van der Waals surface area (Å²) in [4.78, 5) is 0. The van der Waals surface area contributed by atoms with Gasteiger partial charge >= 0.3 is 0 Å². The van der Waals surface area contributed by atoms with Crippen molar-refractivity contribution in [2.24, 2.45) is 0 Å². The van der Waals surface area contributed by atoms with E-state index in [1.54, 1.807) is 0 Å². The summed E-state index contributed by atoms with van der Waals surface area (Å²) in [5.74, 6) is 0. The fourth-order valence-electron chi connectivity index (χ4n) is 0.629. The van der Waals surface area contributed by atoms with Gasteiger partial charge in [-0.25, -0.2) is 8.78 Å². The van der Waals surface area contributed by atoms with Gasteiger partial charge in [0.1, 0.15) is 0 Å². The average molecular weight is 129 g/mol. The third kappa shape index (κ3) is 1.18. The number of alkyl halides is 2. The Labute approximate surface area is 52.9 Å². The maximum absolute atomic E-state index is 12.6. The highest BCUT2D eigenvalue weighted by atomic mass is 19.2. The predicted molar refractivity (Wildman–Crippen MR) is 32.4 cm³/mol. The molecule has 0 fully saturated rings. The predicted octanol–water partition coefficient (Wildman–Crippen LogP) is 1.99. The molecule has 0 saturated carbocycles. The van der Waals surface area contributed by atoms with Gasteiger partial charge in [-0.1, -0.05) is 12.2 Å². The number of halogens is 2. The van der Waals surface area contributed by atoms with Gasteiger partial charge in [0.25, 0.3) is 0 Å². The first kappa shape index (κ1) is 6.46. The van der Waals surface area contributed by atoms with Crippen LogP contribution < -0.4 is 0 Å². The van der Waals surface area contributed by atoms with Crippen molar-refractivity contribution in [3.63, 3.8) is 0 Å². The number of allylic oxidation sites excluding steroid dienone is 4. The summed E-state index contributed by atoms with van der Waals surface area (Å²) in [6, 6.07) is 0. The zero-order valence-corrected chi connectivity index (χ0v) is 4.85. The molecule has 0 aliphatic heterocycles. The van der Waals surface area contributed by atoms with Crippen LogP contribution in [-0.4, -0.2) is 11.8 Å². The summed E-state index contributed by atoms with van der Waals surface area (Å²) in [6.45, 7) is 3.03. The molecule has 1 rings (SSSR count). The van der Waals surface area contributed by atoms with Gasteiger partial charge in [0, 0.05) is 0 Å². The fourth-order valence-corrected chi connectivity index (χ4v) is 0.629. The average Bonchev–Trinajstić information content (AvgIpc) is 1.77. The van der Waals surface area contributed by atoms with Crippen molar-refractivity contribution in [1.29, 1.82) is 0 Å². The van der Waals surface area contributed by atoms with Gasteiger partial charge in [-0.05, 0) is 19.1 Å². The molecule has 0 saturated heterocycles. The molecule has 0 bridgehead atoms. The van der Waals surface area contributed by atoms with Gasteiger partial charge < -0.3 is 0 Å². The van der Waals surface area contributed by atoms with Crippen molar-refractivity contribution in [3.8, 4) is 0 Å². The summed E-state index contributed by atoms with van der Waals surface area (Å²) in [5.41, 5.74) is -2.05. The van der Waals surface area contributed by atoms with Crippen LogP contribution >= 0.6 is 0 Å². The minimum atomic E-state index is -2.05. The van der Waals surface area contributed by atoms with E-state index in [-0.39, 0.29) is 0 Å². The minimum Gasteiger partial charge on any atom is -0.239 e. The first-order valence-electron chi connectivity index (χ1n) is 2.67. The largest absolute Gasteiger partial charge is 0.239 e. The summed E-state index contributed by atoms with van der Waals surface area (Å²) < 4.78 is 25.0. The Morgan fingerprint density at radius 2 is 2.11 bits per heavy atom. The van der Waals surface area contributed by atoms with E-state index in [1.165, 1.54) is 12.2 Å². The smallest absolute Gasteiger partial charge is 0.164 e. The third-order valence-electron chi connectivity index (χ3n) is 1.22. The van der Waals surface area contributed by atoms with Crippen molar-refractivity contribution in [3.05, 3.63) is 31.2 Å².